The molecule has 0 radical (unpaired) electrons. The molecule has 1 fully saturated rings. The van der Waals surface area contributed by atoms with Crippen LogP contribution in [0.5, 0.6) is 0 Å². The normalized spacial score (nSPS) is 17.9. The molecule has 206 valence electrons. The van der Waals surface area contributed by atoms with Crippen LogP contribution in [0.4, 0.5) is 11.4 Å². The number of allylic oxidation sites excluding steroid dienone is 2. The summed E-state index contributed by atoms with van der Waals surface area (Å²) in [5.41, 5.74) is 2.54. The van der Waals surface area contributed by atoms with Crippen LogP contribution in [0.25, 0.3) is 17.0 Å². The van der Waals surface area contributed by atoms with Crippen molar-refractivity contribution in [1.82, 2.24) is 8.87 Å². The molecule has 6 rings (SSSR count). The molecule has 3 heterocycles. The first kappa shape index (κ1) is 26.2. The van der Waals surface area contributed by atoms with Gasteiger partial charge in [0, 0.05) is 47.6 Å². The quantitative estimate of drug-likeness (QED) is 0.197. The molecule has 1 amide bonds. The first-order valence-electron chi connectivity index (χ1n) is 12.9. The smallest absolute Gasteiger partial charge is 0.269 e. The van der Waals surface area contributed by atoms with Gasteiger partial charge in [-0.2, -0.15) is 0 Å². The van der Waals surface area contributed by atoms with Crippen molar-refractivity contribution in [2.45, 2.75) is 23.8 Å². The van der Waals surface area contributed by atoms with Crippen molar-refractivity contribution in [2.75, 3.05) is 11.9 Å². The Hall–Kier alpha value is -5.03. The van der Waals surface area contributed by atoms with E-state index in [0.717, 1.165) is 28.9 Å². The van der Waals surface area contributed by atoms with E-state index in [4.69, 9.17) is 0 Å². The van der Waals surface area contributed by atoms with Crippen molar-refractivity contribution in [3.8, 4) is 0 Å². The predicted molar refractivity (Wildman–Crippen MR) is 154 cm³/mol. The van der Waals surface area contributed by atoms with Crippen LogP contribution in [-0.4, -0.2) is 46.5 Å². The average molecular weight is 569 g/mol. The van der Waals surface area contributed by atoms with Gasteiger partial charge in [-0.25, -0.2) is 12.4 Å². The Kier molecular flexibility index (Phi) is 6.50. The van der Waals surface area contributed by atoms with Gasteiger partial charge in [-0.1, -0.05) is 30.3 Å². The highest BCUT2D eigenvalue weighted by Gasteiger charge is 2.36. The lowest BCUT2D eigenvalue weighted by Crippen LogP contribution is -2.36. The molecule has 0 aliphatic carbocycles. The maximum atomic E-state index is 13.5. The molecule has 4 aromatic rings. The Morgan fingerprint density at radius 2 is 1.76 bits per heavy atom. The van der Waals surface area contributed by atoms with Crippen molar-refractivity contribution in [2.24, 2.45) is 0 Å². The second-order valence-corrected chi connectivity index (χ2v) is 11.6. The number of nitro groups is 1. The lowest BCUT2D eigenvalue weighted by Gasteiger charge is -2.23. The highest BCUT2D eigenvalue weighted by Crippen LogP contribution is 2.33. The number of nitro benzene ring substituents is 1. The number of anilines is 1. The number of hydrogen-bond acceptors (Lipinski definition) is 7. The van der Waals surface area contributed by atoms with Crippen molar-refractivity contribution >= 4 is 50.1 Å². The maximum Gasteiger partial charge on any atom is 0.269 e. The monoisotopic (exact) mass is 568 g/mol. The van der Waals surface area contributed by atoms with E-state index in [2.05, 4.69) is 5.32 Å². The van der Waals surface area contributed by atoms with Crippen LogP contribution < -0.4 is 5.32 Å². The molecule has 1 N–H and O–H groups in total. The van der Waals surface area contributed by atoms with Crippen LogP contribution in [0.2, 0.25) is 0 Å². The third kappa shape index (κ3) is 4.70. The Bertz CT molecular complexity index is 1890. The number of amides is 1. The molecular weight excluding hydrogens is 544 g/mol. The van der Waals surface area contributed by atoms with Crippen LogP contribution in [0.1, 0.15) is 28.8 Å². The Morgan fingerprint density at radius 1 is 1.02 bits per heavy atom. The van der Waals surface area contributed by atoms with Gasteiger partial charge in [0.15, 0.2) is 5.78 Å². The SMILES string of the molecule is O=C(/C=C1\Nc2ccccc2C(=O)N2CCC[C@@H]12)/C=C/c1cn(S(=O)(=O)c2ccc([N+](=O)[O-])cc2)c2ccccc12. The standard InChI is InChI=1S/C30H24N4O6S/c35-22(18-27-29-10-5-17-32(29)30(36)25-7-1-3-8-26(25)31-27)14-11-20-19-33(28-9-4-2-6-24(20)28)41(39,40)23-15-12-21(13-16-23)34(37)38/h1-4,6-9,11-16,18-19,29,31H,5,10,17H2/b14-11+,27-18-/t29-/m0/s1. The third-order valence-electron chi connectivity index (χ3n) is 7.35. The number of nitrogens with zero attached hydrogens (tertiary/aromatic N) is 3. The number of benzene rings is 3. The van der Waals surface area contributed by atoms with E-state index >= 15 is 0 Å². The van der Waals surface area contributed by atoms with E-state index in [-0.39, 0.29) is 28.3 Å². The minimum Gasteiger partial charge on any atom is -0.356 e. The van der Waals surface area contributed by atoms with E-state index in [1.54, 1.807) is 41.3 Å². The van der Waals surface area contributed by atoms with Crippen LogP contribution in [0.3, 0.4) is 0 Å². The Morgan fingerprint density at radius 3 is 2.54 bits per heavy atom. The summed E-state index contributed by atoms with van der Waals surface area (Å²) >= 11 is 0. The van der Waals surface area contributed by atoms with Gasteiger partial charge in [0.2, 0.25) is 0 Å². The molecule has 41 heavy (non-hydrogen) atoms. The molecule has 1 atom stereocenters. The number of aromatic nitrogens is 1. The average Bonchev–Trinajstić information content (AvgIpc) is 3.59. The third-order valence-corrected chi connectivity index (χ3v) is 9.04. The van der Waals surface area contributed by atoms with Crippen molar-refractivity contribution in [3.63, 3.8) is 0 Å². The molecule has 11 heteroatoms. The summed E-state index contributed by atoms with van der Waals surface area (Å²) < 4.78 is 28.0. The number of carbonyl (C=O) groups excluding carboxylic acids is 2. The zero-order valence-corrected chi connectivity index (χ0v) is 22.5. The number of carbonyl (C=O) groups is 2. The van der Waals surface area contributed by atoms with E-state index in [0.29, 0.717) is 40.0 Å². The van der Waals surface area contributed by atoms with Crippen molar-refractivity contribution in [1.29, 1.82) is 0 Å². The number of ketones is 1. The highest BCUT2D eigenvalue weighted by atomic mass is 32.2. The van der Waals surface area contributed by atoms with Gasteiger partial charge in [0.1, 0.15) is 0 Å². The molecule has 0 unspecified atom stereocenters. The maximum absolute atomic E-state index is 13.5. The molecule has 1 aromatic heterocycles. The minimum absolute atomic E-state index is 0.0657. The lowest BCUT2D eigenvalue weighted by atomic mass is 10.1. The summed E-state index contributed by atoms with van der Waals surface area (Å²) in [6.45, 7) is 0.615. The van der Waals surface area contributed by atoms with E-state index in [1.165, 1.54) is 30.5 Å². The number of fused-ring (bicyclic) bond motifs is 3. The van der Waals surface area contributed by atoms with Crippen LogP contribution >= 0.6 is 0 Å². The van der Waals surface area contributed by atoms with Gasteiger partial charge in [-0.15, -0.1) is 0 Å². The fourth-order valence-electron chi connectivity index (χ4n) is 5.37. The van der Waals surface area contributed by atoms with Gasteiger partial charge in [0.05, 0.1) is 32.6 Å². The molecule has 10 nitrogen and oxygen atoms in total. The lowest BCUT2D eigenvalue weighted by molar-refractivity contribution is -0.384. The van der Waals surface area contributed by atoms with Gasteiger partial charge in [-0.05, 0) is 55.3 Å². The zero-order chi connectivity index (χ0) is 28.7. The Labute approximate surface area is 235 Å². The topological polar surface area (TPSA) is 132 Å². The molecule has 1 saturated heterocycles. The summed E-state index contributed by atoms with van der Waals surface area (Å²) in [5.74, 6) is -0.384. The zero-order valence-electron chi connectivity index (χ0n) is 21.6. The summed E-state index contributed by atoms with van der Waals surface area (Å²) in [6.07, 6.45) is 7.43. The van der Waals surface area contributed by atoms with Gasteiger partial charge < -0.3 is 10.2 Å². The minimum atomic E-state index is -4.08. The number of para-hydroxylation sites is 2. The van der Waals surface area contributed by atoms with Gasteiger partial charge in [0.25, 0.3) is 21.6 Å². The van der Waals surface area contributed by atoms with Gasteiger partial charge >= 0.3 is 0 Å². The fourth-order valence-corrected chi connectivity index (χ4v) is 6.75. The first-order valence-corrected chi connectivity index (χ1v) is 14.4. The summed E-state index contributed by atoms with van der Waals surface area (Å²) in [7, 11) is -4.08. The summed E-state index contributed by atoms with van der Waals surface area (Å²) in [5, 5.41) is 14.9. The molecular formula is C30H24N4O6S. The molecule has 2 aliphatic heterocycles. The van der Waals surface area contributed by atoms with Gasteiger partial charge in [-0.3, -0.25) is 19.7 Å². The molecule has 0 saturated carbocycles. The number of nitrogens with one attached hydrogen (secondary N) is 1. The largest absolute Gasteiger partial charge is 0.356 e. The van der Waals surface area contributed by atoms with Crippen LogP contribution in [0, 0.1) is 10.1 Å². The van der Waals surface area contributed by atoms with Crippen LogP contribution in [0.15, 0.2) is 102 Å². The Balaban J connectivity index is 1.33. The van der Waals surface area contributed by atoms with Crippen LogP contribution in [-0.2, 0) is 14.8 Å². The second-order valence-electron chi connectivity index (χ2n) is 9.82. The van der Waals surface area contributed by atoms with E-state index in [9.17, 15) is 28.1 Å². The fraction of sp³-hybridized carbons (Fsp3) is 0.133. The summed E-state index contributed by atoms with van der Waals surface area (Å²) in [6, 6.07) is 18.5. The predicted octanol–water partition coefficient (Wildman–Crippen LogP) is 4.98. The molecule has 2 aliphatic rings. The number of rotatable bonds is 6. The molecule has 3 aromatic carbocycles. The van der Waals surface area contributed by atoms with Crippen molar-refractivity contribution in [3.05, 3.63) is 118 Å². The number of hydrogen-bond donors (Lipinski definition) is 1. The molecule has 0 spiro atoms. The summed E-state index contributed by atoms with van der Waals surface area (Å²) in [4.78, 5) is 38.3. The van der Waals surface area contributed by atoms with E-state index < -0.39 is 14.9 Å². The highest BCUT2D eigenvalue weighted by molar-refractivity contribution is 7.90. The second kappa shape index (κ2) is 10.2. The van der Waals surface area contributed by atoms with Crippen molar-refractivity contribution < 1.29 is 22.9 Å². The first-order chi connectivity index (χ1) is 19.7. The number of non-ortho nitro benzene ring substituents is 1. The van der Waals surface area contributed by atoms with E-state index in [1.807, 2.05) is 18.2 Å². The molecule has 0 bridgehead atoms.